The molecular weight excluding hydrogens is 200 g/mol. The van der Waals surface area contributed by atoms with Crippen molar-refractivity contribution < 1.29 is 4.74 Å². The quantitative estimate of drug-likeness (QED) is 0.775. The van der Waals surface area contributed by atoms with Crippen LogP contribution in [0.5, 0.6) is 0 Å². The highest BCUT2D eigenvalue weighted by molar-refractivity contribution is 4.90. The molecule has 1 N–H and O–H groups in total. The summed E-state index contributed by atoms with van der Waals surface area (Å²) in [5.41, 5.74) is 0.416. The van der Waals surface area contributed by atoms with Crippen molar-refractivity contribution in [3.05, 3.63) is 0 Å². The Morgan fingerprint density at radius 2 is 2.19 bits per heavy atom. The molecule has 2 unspecified atom stereocenters. The van der Waals surface area contributed by atoms with E-state index < -0.39 is 0 Å². The van der Waals surface area contributed by atoms with Crippen LogP contribution in [-0.2, 0) is 4.74 Å². The lowest BCUT2D eigenvalue weighted by Gasteiger charge is -2.42. The third kappa shape index (κ3) is 3.72. The zero-order valence-corrected chi connectivity index (χ0v) is 11.5. The average molecular weight is 228 g/mol. The van der Waals surface area contributed by atoms with E-state index in [1.165, 1.54) is 19.4 Å². The van der Waals surface area contributed by atoms with Gasteiger partial charge in [0, 0.05) is 25.7 Å². The van der Waals surface area contributed by atoms with E-state index in [2.05, 4.69) is 38.0 Å². The van der Waals surface area contributed by atoms with Gasteiger partial charge in [-0.15, -0.1) is 0 Å². The first kappa shape index (κ1) is 13.9. The number of ether oxygens (including phenoxy) is 1. The van der Waals surface area contributed by atoms with Gasteiger partial charge in [0.2, 0.25) is 0 Å². The van der Waals surface area contributed by atoms with Gasteiger partial charge >= 0.3 is 0 Å². The molecule has 0 bridgehead atoms. The summed E-state index contributed by atoms with van der Waals surface area (Å²) in [6, 6.07) is 1.09. The zero-order valence-electron chi connectivity index (χ0n) is 11.5. The van der Waals surface area contributed by atoms with Gasteiger partial charge < -0.3 is 10.1 Å². The Balaban J connectivity index is 2.45. The molecule has 1 aliphatic rings. The first-order valence-corrected chi connectivity index (χ1v) is 6.40. The van der Waals surface area contributed by atoms with Gasteiger partial charge in [-0.3, -0.25) is 4.90 Å². The second-order valence-electron chi connectivity index (χ2n) is 5.84. The van der Waals surface area contributed by atoms with Gasteiger partial charge in [0.1, 0.15) is 0 Å². The highest BCUT2D eigenvalue weighted by Crippen LogP contribution is 2.30. The molecule has 1 heterocycles. The van der Waals surface area contributed by atoms with Crippen molar-refractivity contribution in [1.82, 2.24) is 10.2 Å². The van der Waals surface area contributed by atoms with Crippen molar-refractivity contribution in [3.63, 3.8) is 0 Å². The highest BCUT2D eigenvalue weighted by atomic mass is 16.5. The maximum atomic E-state index is 5.20. The van der Waals surface area contributed by atoms with Crippen molar-refractivity contribution in [2.75, 3.05) is 33.9 Å². The molecule has 0 saturated carbocycles. The second-order valence-corrected chi connectivity index (χ2v) is 5.84. The van der Waals surface area contributed by atoms with Crippen LogP contribution in [0.1, 0.15) is 33.6 Å². The fourth-order valence-corrected chi connectivity index (χ4v) is 2.42. The average Bonchev–Trinajstić information content (AvgIpc) is 2.21. The van der Waals surface area contributed by atoms with Gasteiger partial charge in [-0.25, -0.2) is 0 Å². The molecule has 16 heavy (non-hydrogen) atoms. The van der Waals surface area contributed by atoms with Crippen LogP contribution in [0.15, 0.2) is 0 Å². The SMILES string of the molecule is COCC(C)N(C)CC1NCCCC1(C)C. The Hall–Kier alpha value is -0.120. The molecule has 0 spiro atoms. The van der Waals surface area contributed by atoms with E-state index in [4.69, 9.17) is 4.74 Å². The van der Waals surface area contributed by atoms with Gasteiger partial charge in [-0.2, -0.15) is 0 Å². The van der Waals surface area contributed by atoms with E-state index >= 15 is 0 Å². The molecule has 1 saturated heterocycles. The normalized spacial score (nSPS) is 27.0. The van der Waals surface area contributed by atoms with Crippen LogP contribution in [0.2, 0.25) is 0 Å². The molecule has 3 nitrogen and oxygen atoms in total. The molecule has 1 fully saturated rings. The predicted molar refractivity (Wildman–Crippen MR) is 68.8 cm³/mol. The Bertz CT molecular complexity index is 206. The predicted octanol–water partition coefficient (Wildman–Crippen LogP) is 1.73. The van der Waals surface area contributed by atoms with E-state index in [-0.39, 0.29) is 0 Å². The van der Waals surface area contributed by atoms with Crippen LogP contribution in [0, 0.1) is 5.41 Å². The number of piperidine rings is 1. The van der Waals surface area contributed by atoms with E-state index in [1.54, 1.807) is 7.11 Å². The van der Waals surface area contributed by atoms with Gasteiger partial charge in [-0.1, -0.05) is 13.8 Å². The number of hydrogen-bond donors (Lipinski definition) is 1. The second kappa shape index (κ2) is 5.99. The first-order valence-electron chi connectivity index (χ1n) is 6.40. The van der Waals surface area contributed by atoms with Gasteiger partial charge in [0.05, 0.1) is 6.61 Å². The number of methoxy groups -OCH3 is 1. The molecule has 0 aromatic heterocycles. The van der Waals surface area contributed by atoms with Gasteiger partial charge in [0.25, 0.3) is 0 Å². The molecule has 1 rings (SSSR count). The fourth-order valence-electron chi connectivity index (χ4n) is 2.42. The third-order valence-electron chi connectivity index (χ3n) is 3.96. The largest absolute Gasteiger partial charge is 0.383 e. The van der Waals surface area contributed by atoms with Gasteiger partial charge in [0.15, 0.2) is 0 Å². The van der Waals surface area contributed by atoms with Crippen molar-refractivity contribution in [2.45, 2.75) is 45.7 Å². The van der Waals surface area contributed by atoms with Gasteiger partial charge in [-0.05, 0) is 38.8 Å². The van der Waals surface area contributed by atoms with Crippen molar-refractivity contribution in [2.24, 2.45) is 5.41 Å². The molecule has 0 amide bonds. The molecular formula is C13H28N2O. The monoisotopic (exact) mass is 228 g/mol. The smallest absolute Gasteiger partial charge is 0.0615 e. The van der Waals surface area contributed by atoms with Crippen molar-refractivity contribution in [1.29, 1.82) is 0 Å². The molecule has 96 valence electrons. The molecule has 0 radical (unpaired) electrons. The summed E-state index contributed by atoms with van der Waals surface area (Å²) in [5, 5.41) is 3.65. The minimum Gasteiger partial charge on any atom is -0.383 e. The number of likely N-dealkylation sites (N-methyl/N-ethyl adjacent to an activating group) is 1. The molecule has 1 aliphatic heterocycles. The minimum absolute atomic E-state index is 0.416. The third-order valence-corrected chi connectivity index (χ3v) is 3.96. The highest BCUT2D eigenvalue weighted by Gasteiger charge is 2.33. The van der Waals surface area contributed by atoms with E-state index in [0.717, 1.165) is 13.2 Å². The maximum absolute atomic E-state index is 5.20. The fraction of sp³-hybridized carbons (Fsp3) is 1.00. The Morgan fingerprint density at radius 1 is 1.50 bits per heavy atom. The molecule has 0 aromatic carbocycles. The lowest BCUT2D eigenvalue weighted by Crippen LogP contribution is -2.53. The summed E-state index contributed by atoms with van der Waals surface area (Å²) in [5.74, 6) is 0. The van der Waals surface area contributed by atoms with Crippen molar-refractivity contribution >= 4 is 0 Å². The van der Waals surface area contributed by atoms with Crippen LogP contribution < -0.4 is 5.32 Å². The van der Waals surface area contributed by atoms with Crippen LogP contribution in [0.4, 0.5) is 0 Å². The topological polar surface area (TPSA) is 24.5 Å². The zero-order chi connectivity index (χ0) is 12.2. The number of rotatable bonds is 5. The standard InChI is InChI=1S/C13H28N2O/c1-11(10-16-5)15(4)9-12-13(2,3)7-6-8-14-12/h11-12,14H,6-10H2,1-5H3. The number of hydrogen-bond acceptors (Lipinski definition) is 3. The Labute approximate surface area is 101 Å². The number of nitrogens with one attached hydrogen (secondary N) is 1. The lowest BCUT2D eigenvalue weighted by molar-refractivity contribution is 0.0809. The van der Waals surface area contributed by atoms with Crippen LogP contribution in [0.3, 0.4) is 0 Å². The molecule has 0 aliphatic carbocycles. The maximum Gasteiger partial charge on any atom is 0.0615 e. The first-order chi connectivity index (χ1) is 7.47. The van der Waals surface area contributed by atoms with Crippen molar-refractivity contribution in [3.8, 4) is 0 Å². The van der Waals surface area contributed by atoms with Crippen LogP contribution in [0.25, 0.3) is 0 Å². The summed E-state index contributed by atoms with van der Waals surface area (Å²) < 4.78 is 5.20. The molecule has 2 atom stereocenters. The number of nitrogens with zero attached hydrogens (tertiary/aromatic N) is 1. The summed E-state index contributed by atoms with van der Waals surface area (Å²) >= 11 is 0. The summed E-state index contributed by atoms with van der Waals surface area (Å²) in [4.78, 5) is 2.40. The van der Waals surface area contributed by atoms with Crippen LogP contribution in [-0.4, -0.2) is 50.8 Å². The van der Waals surface area contributed by atoms with E-state index in [1.807, 2.05) is 0 Å². The Kier molecular flexibility index (Phi) is 5.22. The molecule has 3 heteroatoms. The van der Waals surface area contributed by atoms with E-state index in [9.17, 15) is 0 Å². The lowest BCUT2D eigenvalue weighted by atomic mass is 9.77. The van der Waals surface area contributed by atoms with E-state index in [0.29, 0.717) is 17.5 Å². The summed E-state index contributed by atoms with van der Waals surface area (Å²) in [6.07, 6.45) is 2.64. The van der Waals surface area contributed by atoms with Crippen LogP contribution >= 0.6 is 0 Å². The minimum atomic E-state index is 0.416. The molecule has 0 aromatic rings. The Morgan fingerprint density at radius 3 is 2.75 bits per heavy atom. The summed E-state index contributed by atoms with van der Waals surface area (Å²) in [7, 11) is 3.96. The summed E-state index contributed by atoms with van der Waals surface area (Å²) in [6.45, 7) is 10.1.